The van der Waals surface area contributed by atoms with Crippen molar-refractivity contribution in [3.63, 3.8) is 0 Å². The van der Waals surface area contributed by atoms with Crippen LogP contribution >= 0.6 is 11.3 Å². The van der Waals surface area contributed by atoms with E-state index >= 15 is 0 Å². The van der Waals surface area contributed by atoms with Gasteiger partial charge < -0.3 is 10.3 Å². The topological polar surface area (TPSA) is 64.9 Å². The zero-order valence-electron chi connectivity index (χ0n) is 7.10. The van der Waals surface area contributed by atoms with E-state index in [1.54, 1.807) is 11.3 Å². The van der Waals surface area contributed by atoms with E-state index in [9.17, 15) is 0 Å². The normalized spacial score (nSPS) is 13.1. The van der Waals surface area contributed by atoms with E-state index in [0.29, 0.717) is 11.7 Å². The van der Waals surface area contributed by atoms with Crippen LogP contribution in [-0.4, -0.2) is 10.1 Å². The molecule has 2 heterocycles. The molecule has 4 nitrogen and oxygen atoms in total. The van der Waals surface area contributed by atoms with E-state index in [2.05, 4.69) is 10.1 Å². The van der Waals surface area contributed by atoms with Crippen LogP contribution in [0.15, 0.2) is 22.0 Å². The molecule has 0 aliphatic heterocycles. The largest absolute Gasteiger partial charge is 0.337 e. The van der Waals surface area contributed by atoms with Gasteiger partial charge in [0.15, 0.2) is 0 Å². The van der Waals surface area contributed by atoms with Crippen molar-refractivity contribution < 1.29 is 4.52 Å². The molecule has 0 fully saturated rings. The van der Waals surface area contributed by atoms with Crippen molar-refractivity contribution in [1.82, 2.24) is 10.1 Å². The first-order valence-electron chi connectivity index (χ1n) is 3.90. The minimum absolute atomic E-state index is 0.207. The predicted molar refractivity (Wildman–Crippen MR) is 50.2 cm³/mol. The Hall–Kier alpha value is -1.20. The van der Waals surface area contributed by atoms with E-state index < -0.39 is 0 Å². The second-order valence-corrected chi connectivity index (χ2v) is 3.67. The molecule has 0 aromatic carbocycles. The van der Waals surface area contributed by atoms with E-state index in [4.69, 9.17) is 10.3 Å². The molecule has 0 saturated carbocycles. The Morgan fingerprint density at radius 3 is 3.00 bits per heavy atom. The summed E-state index contributed by atoms with van der Waals surface area (Å²) in [6.07, 6.45) is 0. The lowest BCUT2D eigenvalue weighted by Gasteiger charge is -1.92. The van der Waals surface area contributed by atoms with Crippen molar-refractivity contribution in [1.29, 1.82) is 0 Å². The highest BCUT2D eigenvalue weighted by Crippen LogP contribution is 2.22. The maximum absolute atomic E-state index is 5.59. The van der Waals surface area contributed by atoms with Crippen LogP contribution in [0, 0.1) is 0 Å². The molecule has 5 heteroatoms. The summed E-state index contributed by atoms with van der Waals surface area (Å²) in [4.78, 5) is 5.16. The zero-order chi connectivity index (χ0) is 9.26. The summed E-state index contributed by atoms with van der Waals surface area (Å²) in [6, 6.07) is 3.68. The van der Waals surface area contributed by atoms with Crippen molar-refractivity contribution in [2.75, 3.05) is 0 Å². The summed E-state index contributed by atoms with van der Waals surface area (Å²) in [5, 5.41) is 5.79. The monoisotopic (exact) mass is 195 g/mol. The summed E-state index contributed by atoms with van der Waals surface area (Å²) in [5.74, 6) is 1.09. The first kappa shape index (κ1) is 8.40. The highest BCUT2D eigenvalue weighted by Gasteiger charge is 2.11. The van der Waals surface area contributed by atoms with Crippen LogP contribution in [0.25, 0.3) is 10.7 Å². The predicted octanol–water partition coefficient (Wildman–Crippen LogP) is 1.82. The van der Waals surface area contributed by atoms with Gasteiger partial charge in [0.25, 0.3) is 0 Å². The smallest absolute Gasteiger partial charge is 0.243 e. The number of hydrogen-bond donors (Lipinski definition) is 1. The highest BCUT2D eigenvalue weighted by molar-refractivity contribution is 7.13. The minimum Gasteiger partial charge on any atom is -0.337 e. The average Bonchev–Trinajstić information content (AvgIpc) is 2.75. The zero-order valence-corrected chi connectivity index (χ0v) is 7.91. The standard InChI is InChI=1S/C8H9N3OS/c1-5(9)8-10-7(11-12-8)6-3-2-4-13-6/h2-5H,9H2,1H3/t5-/m1/s1. The van der Waals surface area contributed by atoms with Gasteiger partial charge in [0, 0.05) is 0 Å². The first-order valence-corrected chi connectivity index (χ1v) is 4.78. The Kier molecular flexibility index (Phi) is 2.12. The molecule has 13 heavy (non-hydrogen) atoms. The van der Waals surface area contributed by atoms with Crippen molar-refractivity contribution in [3.05, 3.63) is 23.4 Å². The fraction of sp³-hybridized carbons (Fsp3) is 0.250. The molecule has 0 aliphatic carbocycles. The van der Waals surface area contributed by atoms with E-state index in [1.807, 2.05) is 24.4 Å². The van der Waals surface area contributed by atoms with Crippen LogP contribution in [0.5, 0.6) is 0 Å². The van der Waals surface area contributed by atoms with Gasteiger partial charge in [0.2, 0.25) is 11.7 Å². The minimum atomic E-state index is -0.207. The van der Waals surface area contributed by atoms with Gasteiger partial charge in [-0.15, -0.1) is 11.3 Å². The maximum atomic E-state index is 5.59. The molecule has 2 N–H and O–H groups in total. The van der Waals surface area contributed by atoms with Crippen molar-refractivity contribution in [3.8, 4) is 10.7 Å². The Morgan fingerprint density at radius 2 is 2.46 bits per heavy atom. The van der Waals surface area contributed by atoms with Crippen LogP contribution in [-0.2, 0) is 0 Å². The Labute approximate surface area is 79.4 Å². The molecule has 0 bridgehead atoms. The van der Waals surface area contributed by atoms with Gasteiger partial charge in [-0.2, -0.15) is 4.98 Å². The first-order chi connectivity index (χ1) is 6.27. The molecule has 0 amide bonds. The lowest BCUT2D eigenvalue weighted by Crippen LogP contribution is -2.04. The fourth-order valence-electron chi connectivity index (χ4n) is 0.926. The summed E-state index contributed by atoms with van der Waals surface area (Å²) >= 11 is 1.58. The van der Waals surface area contributed by atoms with E-state index in [-0.39, 0.29) is 6.04 Å². The molecule has 2 aromatic heterocycles. The number of hydrogen-bond acceptors (Lipinski definition) is 5. The van der Waals surface area contributed by atoms with Crippen molar-refractivity contribution in [2.24, 2.45) is 5.73 Å². The number of aromatic nitrogens is 2. The van der Waals surface area contributed by atoms with Crippen LogP contribution in [0.3, 0.4) is 0 Å². The van der Waals surface area contributed by atoms with Crippen molar-refractivity contribution >= 4 is 11.3 Å². The Bertz CT molecular complexity index is 380. The van der Waals surface area contributed by atoms with E-state index in [0.717, 1.165) is 4.88 Å². The summed E-state index contributed by atoms with van der Waals surface area (Å²) in [5.41, 5.74) is 5.59. The molecule has 2 rings (SSSR count). The van der Waals surface area contributed by atoms with Crippen molar-refractivity contribution in [2.45, 2.75) is 13.0 Å². The lowest BCUT2D eigenvalue weighted by molar-refractivity contribution is 0.362. The molecule has 0 aliphatic rings. The van der Waals surface area contributed by atoms with Gasteiger partial charge in [-0.3, -0.25) is 0 Å². The number of nitrogens with zero attached hydrogens (tertiary/aromatic N) is 2. The maximum Gasteiger partial charge on any atom is 0.243 e. The molecule has 0 spiro atoms. The van der Waals surface area contributed by atoms with Crippen LogP contribution < -0.4 is 5.73 Å². The number of nitrogens with two attached hydrogens (primary N) is 1. The van der Waals surface area contributed by atoms with Crippen LogP contribution in [0.2, 0.25) is 0 Å². The van der Waals surface area contributed by atoms with Gasteiger partial charge in [-0.05, 0) is 18.4 Å². The molecule has 0 radical (unpaired) electrons. The molecular weight excluding hydrogens is 186 g/mol. The molecular formula is C8H9N3OS. The Balaban J connectivity index is 2.33. The third kappa shape index (κ3) is 1.61. The molecule has 0 saturated heterocycles. The van der Waals surface area contributed by atoms with Gasteiger partial charge in [-0.25, -0.2) is 0 Å². The van der Waals surface area contributed by atoms with Gasteiger partial charge >= 0.3 is 0 Å². The summed E-state index contributed by atoms with van der Waals surface area (Å²) < 4.78 is 4.97. The second kappa shape index (κ2) is 3.27. The van der Waals surface area contributed by atoms with E-state index in [1.165, 1.54) is 0 Å². The van der Waals surface area contributed by atoms with Gasteiger partial charge in [0.1, 0.15) is 0 Å². The van der Waals surface area contributed by atoms with Crippen LogP contribution in [0.1, 0.15) is 18.9 Å². The highest BCUT2D eigenvalue weighted by atomic mass is 32.1. The number of rotatable bonds is 2. The lowest BCUT2D eigenvalue weighted by atomic mass is 10.4. The van der Waals surface area contributed by atoms with Crippen LogP contribution in [0.4, 0.5) is 0 Å². The number of thiophene rings is 1. The molecule has 1 atom stereocenters. The van der Waals surface area contributed by atoms with Gasteiger partial charge in [0.05, 0.1) is 10.9 Å². The third-order valence-corrected chi connectivity index (χ3v) is 2.44. The Morgan fingerprint density at radius 1 is 1.62 bits per heavy atom. The summed E-state index contributed by atoms with van der Waals surface area (Å²) in [6.45, 7) is 1.81. The second-order valence-electron chi connectivity index (χ2n) is 2.72. The molecule has 68 valence electrons. The average molecular weight is 195 g/mol. The third-order valence-electron chi connectivity index (χ3n) is 1.57. The summed E-state index contributed by atoms with van der Waals surface area (Å²) in [7, 11) is 0. The molecule has 0 unspecified atom stereocenters. The fourth-order valence-corrected chi connectivity index (χ4v) is 1.58. The molecule has 2 aromatic rings. The SMILES string of the molecule is C[C@@H](N)c1nc(-c2cccs2)no1. The van der Waals surface area contributed by atoms with Gasteiger partial charge in [-0.1, -0.05) is 11.2 Å². The quantitative estimate of drug-likeness (QED) is 0.793.